The van der Waals surface area contributed by atoms with Gasteiger partial charge in [0.2, 0.25) is 0 Å². The first-order valence-electron chi connectivity index (χ1n) is 11.3. The maximum Gasteiger partial charge on any atom is 0.339 e. The smallest absolute Gasteiger partial charge is 0.339 e. The van der Waals surface area contributed by atoms with Crippen LogP contribution < -0.4 is 5.56 Å². The first-order chi connectivity index (χ1) is 16.3. The van der Waals surface area contributed by atoms with Crippen LogP contribution in [-0.2, 0) is 11.2 Å². The molecule has 0 amide bonds. The first-order valence-corrected chi connectivity index (χ1v) is 11.3. The van der Waals surface area contributed by atoms with Gasteiger partial charge in [-0.2, -0.15) is 0 Å². The molecule has 2 heterocycles. The van der Waals surface area contributed by atoms with Crippen LogP contribution in [0.25, 0.3) is 5.69 Å². The van der Waals surface area contributed by atoms with Crippen molar-refractivity contribution in [3.05, 3.63) is 117 Å². The highest BCUT2D eigenvalue weighted by atomic mass is 16.5. The number of nitrogens with zero attached hydrogens (tertiary/aromatic N) is 3. The van der Waals surface area contributed by atoms with Crippen LogP contribution in [0.1, 0.15) is 56.8 Å². The summed E-state index contributed by atoms with van der Waals surface area (Å²) in [5, 5.41) is 0. The lowest BCUT2D eigenvalue weighted by atomic mass is 10.0. The summed E-state index contributed by atoms with van der Waals surface area (Å²) in [5.41, 5.74) is 7.00. The Bertz CT molecular complexity index is 1400. The number of aryl methyl sites for hydroxylation is 3. The topological polar surface area (TPSA) is 66.1 Å². The minimum atomic E-state index is -0.465. The zero-order valence-electron chi connectivity index (χ0n) is 20.2. The van der Waals surface area contributed by atoms with Gasteiger partial charge in [-0.3, -0.25) is 4.79 Å². The van der Waals surface area contributed by atoms with E-state index < -0.39 is 5.97 Å². The Hall–Kier alpha value is -3.93. The van der Waals surface area contributed by atoms with Crippen LogP contribution in [0.5, 0.6) is 0 Å². The second-order valence-electron chi connectivity index (χ2n) is 8.76. The maximum atomic E-state index is 13.5. The molecule has 0 saturated heterocycles. The molecular formula is C28H29N3O3. The standard InChI is InChI=1S/C28H29N3O3/c1-18-6-9-23(10-7-18)21(4)31-16-25(28(33)34-5)14-24(27(31)32)13-22-8-11-26(19(2)12-22)30-15-20(3)29-17-30/h6-12,14-17,21H,13H2,1-5H3/t21-/m0/s1. The summed E-state index contributed by atoms with van der Waals surface area (Å²) >= 11 is 0. The van der Waals surface area contributed by atoms with Crippen LogP contribution in [-0.4, -0.2) is 27.2 Å². The predicted molar refractivity (Wildman–Crippen MR) is 133 cm³/mol. The normalized spacial score (nSPS) is 11.9. The SMILES string of the molecule is COC(=O)c1cc(Cc2ccc(-n3cnc(C)c3)c(C)c2)c(=O)n([C@@H](C)c2ccc(C)cc2)c1. The molecule has 4 aromatic rings. The molecule has 0 N–H and O–H groups in total. The summed E-state index contributed by atoms with van der Waals surface area (Å²) in [6.45, 7) is 7.98. The number of carbonyl (C=O) groups excluding carboxylic acids is 1. The molecule has 174 valence electrons. The molecule has 0 spiro atoms. The van der Waals surface area contributed by atoms with Gasteiger partial charge in [0, 0.05) is 30.1 Å². The second-order valence-corrected chi connectivity index (χ2v) is 8.76. The van der Waals surface area contributed by atoms with Crippen LogP contribution in [0.4, 0.5) is 0 Å². The van der Waals surface area contributed by atoms with Crippen molar-refractivity contribution in [3.63, 3.8) is 0 Å². The van der Waals surface area contributed by atoms with Crippen molar-refractivity contribution in [2.45, 2.75) is 40.2 Å². The van der Waals surface area contributed by atoms with Gasteiger partial charge in [0.05, 0.1) is 30.7 Å². The highest BCUT2D eigenvalue weighted by molar-refractivity contribution is 5.89. The van der Waals surface area contributed by atoms with Gasteiger partial charge >= 0.3 is 5.97 Å². The molecule has 4 rings (SSSR count). The molecule has 0 bridgehead atoms. The molecule has 34 heavy (non-hydrogen) atoms. The van der Waals surface area contributed by atoms with Gasteiger partial charge in [0.1, 0.15) is 0 Å². The molecule has 0 aliphatic heterocycles. The minimum Gasteiger partial charge on any atom is -0.465 e. The summed E-state index contributed by atoms with van der Waals surface area (Å²) in [5.74, 6) is -0.465. The summed E-state index contributed by atoms with van der Waals surface area (Å²) in [6, 6.07) is 15.6. The van der Waals surface area contributed by atoms with Crippen LogP contribution in [0.3, 0.4) is 0 Å². The Morgan fingerprint density at radius 3 is 2.38 bits per heavy atom. The third-order valence-electron chi connectivity index (χ3n) is 6.16. The van der Waals surface area contributed by atoms with Gasteiger partial charge in [-0.05, 0) is 56.5 Å². The van der Waals surface area contributed by atoms with Gasteiger partial charge in [-0.25, -0.2) is 9.78 Å². The van der Waals surface area contributed by atoms with E-state index in [-0.39, 0.29) is 11.6 Å². The molecule has 2 aromatic carbocycles. The molecule has 2 aromatic heterocycles. The van der Waals surface area contributed by atoms with E-state index in [0.717, 1.165) is 33.6 Å². The molecule has 0 saturated carbocycles. The van der Waals surface area contributed by atoms with E-state index in [1.54, 1.807) is 23.2 Å². The van der Waals surface area contributed by atoms with Gasteiger partial charge in [0.25, 0.3) is 5.56 Å². The van der Waals surface area contributed by atoms with Gasteiger partial charge in [-0.15, -0.1) is 0 Å². The van der Waals surface area contributed by atoms with Crippen molar-refractivity contribution in [1.29, 1.82) is 0 Å². The zero-order valence-corrected chi connectivity index (χ0v) is 20.2. The average molecular weight is 456 g/mol. The third kappa shape index (κ3) is 4.71. The third-order valence-corrected chi connectivity index (χ3v) is 6.16. The minimum absolute atomic E-state index is 0.118. The fraction of sp³-hybridized carbons (Fsp3) is 0.250. The number of methoxy groups -OCH3 is 1. The highest BCUT2D eigenvalue weighted by Gasteiger charge is 2.18. The molecule has 6 heteroatoms. The van der Waals surface area contributed by atoms with Crippen molar-refractivity contribution in [2.75, 3.05) is 7.11 Å². The number of hydrogen-bond acceptors (Lipinski definition) is 4. The van der Waals surface area contributed by atoms with E-state index >= 15 is 0 Å². The number of benzene rings is 2. The van der Waals surface area contributed by atoms with Gasteiger partial charge in [-0.1, -0.05) is 42.0 Å². The molecule has 0 aliphatic carbocycles. The Morgan fingerprint density at radius 1 is 1.03 bits per heavy atom. The van der Waals surface area contributed by atoms with E-state index in [4.69, 9.17) is 4.74 Å². The maximum absolute atomic E-state index is 13.5. The van der Waals surface area contributed by atoms with Crippen molar-refractivity contribution in [2.24, 2.45) is 0 Å². The van der Waals surface area contributed by atoms with Crippen LogP contribution in [0, 0.1) is 20.8 Å². The van der Waals surface area contributed by atoms with E-state index in [9.17, 15) is 9.59 Å². The fourth-order valence-electron chi connectivity index (χ4n) is 4.20. The van der Waals surface area contributed by atoms with Crippen LogP contribution >= 0.6 is 0 Å². The molecular weight excluding hydrogens is 426 g/mol. The molecule has 0 unspecified atom stereocenters. The largest absolute Gasteiger partial charge is 0.465 e. The van der Waals surface area contributed by atoms with Crippen molar-refractivity contribution in [3.8, 4) is 5.69 Å². The van der Waals surface area contributed by atoms with Crippen molar-refractivity contribution in [1.82, 2.24) is 14.1 Å². The quantitative estimate of drug-likeness (QED) is 0.386. The lowest BCUT2D eigenvalue weighted by Crippen LogP contribution is -2.28. The number of pyridine rings is 1. The predicted octanol–water partition coefficient (Wildman–Crippen LogP) is 4.95. The van der Waals surface area contributed by atoms with Crippen molar-refractivity contribution >= 4 is 5.97 Å². The lowest BCUT2D eigenvalue weighted by Gasteiger charge is -2.19. The monoisotopic (exact) mass is 455 g/mol. The second kappa shape index (κ2) is 9.51. The Balaban J connectivity index is 1.73. The molecule has 6 nitrogen and oxygen atoms in total. The number of carbonyl (C=O) groups is 1. The summed E-state index contributed by atoms with van der Waals surface area (Å²) in [4.78, 5) is 30.2. The van der Waals surface area contributed by atoms with Gasteiger partial charge in [0.15, 0.2) is 0 Å². The molecule has 1 atom stereocenters. The van der Waals surface area contributed by atoms with E-state index in [0.29, 0.717) is 17.5 Å². The number of rotatable bonds is 6. The number of imidazole rings is 1. The summed E-state index contributed by atoms with van der Waals surface area (Å²) in [7, 11) is 1.35. The number of esters is 1. The molecule has 0 aliphatic rings. The Labute approximate surface area is 199 Å². The van der Waals surface area contributed by atoms with Gasteiger partial charge < -0.3 is 13.9 Å². The zero-order chi connectivity index (χ0) is 24.4. The highest BCUT2D eigenvalue weighted by Crippen LogP contribution is 2.21. The Morgan fingerprint density at radius 2 is 1.76 bits per heavy atom. The first kappa shape index (κ1) is 23.2. The van der Waals surface area contributed by atoms with E-state index in [2.05, 4.69) is 11.1 Å². The fourth-order valence-corrected chi connectivity index (χ4v) is 4.20. The van der Waals surface area contributed by atoms with Crippen molar-refractivity contribution < 1.29 is 9.53 Å². The summed E-state index contributed by atoms with van der Waals surface area (Å²) < 4.78 is 8.58. The number of ether oxygens (including phenoxy) is 1. The van der Waals surface area contributed by atoms with Crippen LogP contribution in [0.2, 0.25) is 0 Å². The Kier molecular flexibility index (Phi) is 6.50. The van der Waals surface area contributed by atoms with E-state index in [1.165, 1.54) is 7.11 Å². The van der Waals surface area contributed by atoms with E-state index in [1.807, 2.05) is 74.9 Å². The summed E-state index contributed by atoms with van der Waals surface area (Å²) in [6.07, 6.45) is 5.78. The average Bonchev–Trinajstić information content (AvgIpc) is 3.25. The molecule has 0 radical (unpaired) electrons. The number of aromatic nitrogens is 3. The van der Waals surface area contributed by atoms with Crippen LogP contribution in [0.15, 0.2) is 72.0 Å². The lowest BCUT2D eigenvalue weighted by molar-refractivity contribution is 0.0599. The molecule has 0 fully saturated rings. The number of hydrogen-bond donors (Lipinski definition) is 0.